The van der Waals surface area contributed by atoms with Crippen molar-refractivity contribution in [2.45, 2.75) is 19.5 Å². The summed E-state index contributed by atoms with van der Waals surface area (Å²) < 4.78 is 0. The predicted octanol–water partition coefficient (Wildman–Crippen LogP) is 0.946. The zero-order valence-electron chi connectivity index (χ0n) is 5.79. The molecule has 1 unspecified atom stereocenters. The van der Waals surface area contributed by atoms with Gasteiger partial charge in [-0.3, -0.25) is 5.73 Å². The highest BCUT2D eigenvalue weighted by molar-refractivity contribution is 7.09. The second-order valence-electron chi connectivity index (χ2n) is 2.13. The highest BCUT2D eigenvalue weighted by Crippen LogP contribution is 2.13. The van der Waals surface area contributed by atoms with Gasteiger partial charge in [0.05, 0.1) is 12.2 Å². The summed E-state index contributed by atoms with van der Waals surface area (Å²) in [5.74, 6) is 0. The van der Waals surface area contributed by atoms with E-state index in [1.165, 1.54) is 11.3 Å². The number of nitrogens with two attached hydrogens (primary N) is 1. The SMILES string of the molecule is CC(N)c1csc(C[NH])n1. The van der Waals surface area contributed by atoms with Crippen LogP contribution in [0.3, 0.4) is 0 Å². The van der Waals surface area contributed by atoms with Crippen molar-refractivity contribution in [2.24, 2.45) is 5.73 Å². The Morgan fingerprint density at radius 3 is 2.90 bits per heavy atom. The molecule has 0 spiro atoms. The van der Waals surface area contributed by atoms with Gasteiger partial charge in [0.25, 0.3) is 0 Å². The van der Waals surface area contributed by atoms with Crippen LogP contribution in [-0.2, 0) is 6.54 Å². The van der Waals surface area contributed by atoms with Gasteiger partial charge in [0.1, 0.15) is 5.01 Å². The Morgan fingerprint density at radius 2 is 2.60 bits per heavy atom. The molecule has 0 aliphatic rings. The molecule has 0 aliphatic heterocycles. The van der Waals surface area contributed by atoms with E-state index in [4.69, 9.17) is 11.5 Å². The van der Waals surface area contributed by atoms with Gasteiger partial charge in [-0.15, -0.1) is 11.3 Å². The average molecular weight is 156 g/mol. The lowest BCUT2D eigenvalue weighted by Gasteiger charge is -1.96. The van der Waals surface area contributed by atoms with E-state index in [0.717, 1.165) is 10.7 Å². The fraction of sp³-hybridized carbons (Fsp3) is 0.500. The molecule has 10 heavy (non-hydrogen) atoms. The molecule has 1 heterocycles. The summed E-state index contributed by atoms with van der Waals surface area (Å²) in [6.07, 6.45) is 0. The maximum Gasteiger partial charge on any atom is 0.108 e. The third kappa shape index (κ3) is 1.53. The molecule has 1 rings (SSSR count). The van der Waals surface area contributed by atoms with Crippen LogP contribution < -0.4 is 11.5 Å². The van der Waals surface area contributed by atoms with Gasteiger partial charge in [-0.05, 0) is 6.92 Å². The first-order valence-electron chi connectivity index (χ1n) is 3.08. The molecule has 0 amide bonds. The van der Waals surface area contributed by atoms with E-state index in [1.807, 2.05) is 12.3 Å². The number of aromatic nitrogens is 1. The molecule has 4 heteroatoms. The van der Waals surface area contributed by atoms with Crippen LogP contribution in [0.1, 0.15) is 23.7 Å². The number of hydrogen-bond donors (Lipinski definition) is 1. The van der Waals surface area contributed by atoms with Crippen molar-refractivity contribution in [2.75, 3.05) is 0 Å². The van der Waals surface area contributed by atoms with Gasteiger partial charge >= 0.3 is 0 Å². The summed E-state index contributed by atoms with van der Waals surface area (Å²) in [4.78, 5) is 4.13. The number of thiazole rings is 1. The molecule has 1 atom stereocenters. The maximum absolute atomic E-state index is 7.01. The van der Waals surface area contributed by atoms with Crippen molar-refractivity contribution in [1.29, 1.82) is 0 Å². The molecule has 1 aromatic heterocycles. The summed E-state index contributed by atoms with van der Waals surface area (Å²) in [5.41, 5.74) is 13.5. The molecular weight excluding hydrogens is 146 g/mol. The highest BCUT2D eigenvalue weighted by atomic mass is 32.1. The van der Waals surface area contributed by atoms with Crippen molar-refractivity contribution >= 4 is 11.3 Å². The Labute approximate surface area is 64.1 Å². The number of nitrogens with zero attached hydrogens (tertiary/aromatic N) is 1. The fourth-order valence-electron chi connectivity index (χ4n) is 0.615. The minimum Gasteiger partial charge on any atom is -0.323 e. The molecule has 0 fully saturated rings. The molecule has 55 valence electrons. The van der Waals surface area contributed by atoms with Crippen molar-refractivity contribution in [1.82, 2.24) is 10.7 Å². The van der Waals surface area contributed by atoms with Crippen molar-refractivity contribution in [3.63, 3.8) is 0 Å². The molecule has 0 saturated heterocycles. The molecule has 0 bridgehead atoms. The van der Waals surface area contributed by atoms with Crippen LogP contribution in [0.5, 0.6) is 0 Å². The van der Waals surface area contributed by atoms with Crippen molar-refractivity contribution in [3.8, 4) is 0 Å². The molecule has 1 aromatic rings. The van der Waals surface area contributed by atoms with Gasteiger partial charge in [0.2, 0.25) is 0 Å². The lowest BCUT2D eigenvalue weighted by atomic mass is 10.3. The molecular formula is C6H10N3S. The lowest BCUT2D eigenvalue weighted by molar-refractivity contribution is 0.780. The molecule has 1 radical (unpaired) electrons. The maximum atomic E-state index is 7.01. The standard InChI is InChI=1S/C6H10N3S/c1-4(8)5-3-10-6(2-7)9-5/h3-4,7H,2,8H2,1H3. The van der Waals surface area contributed by atoms with E-state index in [-0.39, 0.29) is 12.6 Å². The van der Waals surface area contributed by atoms with Gasteiger partial charge in [-0.1, -0.05) is 0 Å². The predicted molar refractivity (Wildman–Crippen MR) is 41.5 cm³/mol. The van der Waals surface area contributed by atoms with Crippen molar-refractivity contribution < 1.29 is 0 Å². The zero-order chi connectivity index (χ0) is 7.56. The topological polar surface area (TPSA) is 62.7 Å². The molecule has 3 nitrogen and oxygen atoms in total. The quantitative estimate of drug-likeness (QED) is 0.692. The monoisotopic (exact) mass is 156 g/mol. The van der Waals surface area contributed by atoms with E-state index in [9.17, 15) is 0 Å². The van der Waals surface area contributed by atoms with Gasteiger partial charge in [-0.2, -0.15) is 0 Å². The second-order valence-corrected chi connectivity index (χ2v) is 3.07. The first-order chi connectivity index (χ1) is 4.74. The molecule has 3 N–H and O–H groups in total. The smallest absolute Gasteiger partial charge is 0.108 e. The fourth-order valence-corrected chi connectivity index (χ4v) is 1.38. The van der Waals surface area contributed by atoms with E-state index in [1.54, 1.807) is 0 Å². The number of rotatable bonds is 2. The Kier molecular flexibility index (Phi) is 2.37. The highest BCUT2D eigenvalue weighted by Gasteiger charge is 2.03. The Balaban J connectivity index is 2.78. The molecule has 0 aromatic carbocycles. The van der Waals surface area contributed by atoms with Crippen molar-refractivity contribution in [3.05, 3.63) is 16.1 Å². The van der Waals surface area contributed by atoms with E-state index >= 15 is 0 Å². The van der Waals surface area contributed by atoms with Crippen LogP contribution in [0.2, 0.25) is 0 Å². The minimum atomic E-state index is -0.00319. The van der Waals surface area contributed by atoms with E-state index < -0.39 is 0 Å². The second kappa shape index (κ2) is 3.09. The van der Waals surface area contributed by atoms with Crippen LogP contribution >= 0.6 is 11.3 Å². The van der Waals surface area contributed by atoms with Crippen LogP contribution in [0, 0.1) is 0 Å². The lowest BCUT2D eigenvalue weighted by Crippen LogP contribution is -2.05. The molecule has 0 aliphatic carbocycles. The van der Waals surface area contributed by atoms with Crippen LogP contribution in [0.25, 0.3) is 0 Å². The Bertz CT molecular complexity index is 207. The Hall–Kier alpha value is -0.450. The summed E-state index contributed by atoms with van der Waals surface area (Å²) in [6, 6.07) is -0.00319. The first kappa shape index (κ1) is 7.65. The minimum absolute atomic E-state index is 0.00319. The number of nitrogens with one attached hydrogen (secondary N) is 1. The van der Waals surface area contributed by atoms with E-state index in [0.29, 0.717) is 0 Å². The van der Waals surface area contributed by atoms with Crippen LogP contribution in [-0.4, -0.2) is 4.98 Å². The van der Waals surface area contributed by atoms with Gasteiger partial charge in [-0.25, -0.2) is 4.98 Å². The summed E-state index contributed by atoms with van der Waals surface area (Å²) in [6.45, 7) is 2.15. The average Bonchev–Trinajstić information content (AvgIpc) is 2.34. The summed E-state index contributed by atoms with van der Waals surface area (Å²) >= 11 is 1.50. The Morgan fingerprint density at radius 1 is 1.90 bits per heavy atom. The third-order valence-corrected chi connectivity index (χ3v) is 2.05. The van der Waals surface area contributed by atoms with Gasteiger partial charge < -0.3 is 5.73 Å². The number of hydrogen-bond acceptors (Lipinski definition) is 3. The normalized spacial score (nSPS) is 13.5. The van der Waals surface area contributed by atoms with Gasteiger partial charge in [0.15, 0.2) is 0 Å². The van der Waals surface area contributed by atoms with Gasteiger partial charge in [0, 0.05) is 11.4 Å². The first-order valence-corrected chi connectivity index (χ1v) is 3.96. The largest absolute Gasteiger partial charge is 0.323 e. The third-order valence-electron chi connectivity index (χ3n) is 1.19. The van der Waals surface area contributed by atoms with E-state index in [2.05, 4.69) is 4.98 Å². The molecule has 0 saturated carbocycles. The summed E-state index contributed by atoms with van der Waals surface area (Å²) in [7, 11) is 0. The zero-order valence-corrected chi connectivity index (χ0v) is 6.61. The van der Waals surface area contributed by atoms with Crippen LogP contribution in [0.15, 0.2) is 5.38 Å². The summed E-state index contributed by atoms with van der Waals surface area (Å²) in [5, 5.41) is 2.75. The van der Waals surface area contributed by atoms with Crippen LogP contribution in [0.4, 0.5) is 0 Å².